The Bertz CT molecular complexity index is 704. The fourth-order valence-electron chi connectivity index (χ4n) is 4.60. The number of aromatic nitrogens is 1. The summed E-state index contributed by atoms with van der Waals surface area (Å²) in [5, 5.41) is 3.25. The van der Waals surface area contributed by atoms with Crippen molar-refractivity contribution in [3.8, 4) is 5.75 Å². The topological polar surface area (TPSA) is 51.2 Å². The van der Waals surface area contributed by atoms with E-state index in [1.165, 1.54) is 31.2 Å². The Morgan fingerprint density at radius 3 is 2.64 bits per heavy atom. The van der Waals surface area contributed by atoms with Crippen molar-refractivity contribution in [2.24, 2.45) is 11.8 Å². The van der Waals surface area contributed by atoms with Gasteiger partial charge in [0.25, 0.3) is 5.91 Å². The molecule has 0 saturated heterocycles. The number of hydrogen-bond acceptors (Lipinski definition) is 3. The van der Waals surface area contributed by atoms with Gasteiger partial charge in [-0.2, -0.15) is 0 Å². The smallest absolute Gasteiger partial charge is 0.258 e. The zero-order chi connectivity index (χ0) is 17.1. The average Bonchev–Trinajstić information content (AvgIpc) is 2.66. The van der Waals surface area contributed by atoms with E-state index in [0.717, 1.165) is 0 Å². The molecule has 1 aromatic carbocycles. The maximum atomic E-state index is 12.4. The lowest BCUT2D eigenvalue weighted by Gasteiger charge is -2.55. The Morgan fingerprint density at radius 2 is 1.88 bits per heavy atom. The van der Waals surface area contributed by atoms with Gasteiger partial charge in [0.15, 0.2) is 6.61 Å². The van der Waals surface area contributed by atoms with Crippen molar-refractivity contribution in [1.82, 2.24) is 10.3 Å². The minimum Gasteiger partial charge on any atom is -0.482 e. The van der Waals surface area contributed by atoms with Gasteiger partial charge >= 0.3 is 0 Å². The van der Waals surface area contributed by atoms with Crippen LogP contribution < -0.4 is 10.1 Å². The van der Waals surface area contributed by atoms with Crippen molar-refractivity contribution in [3.63, 3.8) is 0 Å². The number of nitrogens with one attached hydrogen (secondary N) is 1. The molecule has 2 aliphatic carbocycles. The summed E-state index contributed by atoms with van der Waals surface area (Å²) in [6.45, 7) is 0.0427. The number of hydrogen-bond donors (Lipinski definition) is 1. The molecule has 2 aromatic rings. The molecule has 25 heavy (non-hydrogen) atoms. The molecule has 1 aromatic heterocycles. The van der Waals surface area contributed by atoms with Gasteiger partial charge in [-0.25, -0.2) is 0 Å². The molecule has 2 unspecified atom stereocenters. The van der Waals surface area contributed by atoms with Crippen LogP contribution in [0.15, 0.2) is 54.9 Å². The maximum Gasteiger partial charge on any atom is 0.258 e. The molecule has 4 rings (SSSR count). The number of fused-ring (bicyclic) bond motifs is 1. The Hall–Kier alpha value is -2.36. The van der Waals surface area contributed by atoms with E-state index in [1.54, 1.807) is 18.5 Å². The lowest BCUT2D eigenvalue weighted by atomic mass is 9.53. The number of nitrogens with zero attached hydrogens (tertiary/aromatic N) is 1. The molecule has 2 aliphatic rings. The van der Waals surface area contributed by atoms with Gasteiger partial charge in [0, 0.05) is 18.2 Å². The average molecular weight is 336 g/mol. The fraction of sp³-hybridized carbons (Fsp3) is 0.429. The summed E-state index contributed by atoms with van der Waals surface area (Å²) in [6, 6.07) is 14.5. The van der Waals surface area contributed by atoms with Crippen LogP contribution in [-0.4, -0.2) is 23.5 Å². The van der Waals surface area contributed by atoms with Gasteiger partial charge in [-0.1, -0.05) is 43.2 Å². The van der Waals surface area contributed by atoms with Crippen molar-refractivity contribution < 1.29 is 9.53 Å². The second-order valence-corrected chi connectivity index (χ2v) is 7.12. The number of pyridine rings is 1. The van der Waals surface area contributed by atoms with Gasteiger partial charge in [0.05, 0.1) is 6.20 Å². The first-order chi connectivity index (χ1) is 12.3. The third-order valence-corrected chi connectivity index (χ3v) is 5.70. The fourth-order valence-corrected chi connectivity index (χ4v) is 4.60. The molecule has 1 heterocycles. The van der Waals surface area contributed by atoms with E-state index in [-0.39, 0.29) is 18.6 Å². The second-order valence-electron chi connectivity index (χ2n) is 7.12. The largest absolute Gasteiger partial charge is 0.482 e. The molecule has 2 saturated carbocycles. The molecule has 0 radical (unpaired) electrons. The first-order valence-corrected chi connectivity index (χ1v) is 9.20. The summed E-state index contributed by atoms with van der Waals surface area (Å²) in [5.41, 5.74) is 1.35. The highest BCUT2D eigenvalue weighted by Gasteiger charge is 2.51. The lowest BCUT2D eigenvalue weighted by molar-refractivity contribution is -0.126. The first-order valence-electron chi connectivity index (χ1n) is 9.20. The van der Waals surface area contributed by atoms with Gasteiger partial charge in [-0.15, -0.1) is 0 Å². The molecule has 4 atom stereocenters. The van der Waals surface area contributed by atoms with E-state index in [0.29, 0.717) is 23.5 Å². The minimum absolute atomic E-state index is 0.0427. The molecular formula is C21H24N2O2. The normalized spacial score (nSPS) is 27.7. The summed E-state index contributed by atoms with van der Waals surface area (Å²) in [5.74, 6) is 2.34. The Kier molecular flexibility index (Phi) is 4.68. The van der Waals surface area contributed by atoms with Gasteiger partial charge in [-0.05, 0) is 42.4 Å². The quantitative estimate of drug-likeness (QED) is 0.908. The predicted octanol–water partition coefficient (Wildman–Crippen LogP) is 3.55. The van der Waals surface area contributed by atoms with Gasteiger partial charge < -0.3 is 10.1 Å². The molecule has 0 bridgehead atoms. The first kappa shape index (κ1) is 16.1. The number of carbonyl (C=O) groups is 1. The summed E-state index contributed by atoms with van der Waals surface area (Å²) in [4.78, 5) is 16.4. The van der Waals surface area contributed by atoms with Crippen LogP contribution in [-0.2, 0) is 4.79 Å². The van der Waals surface area contributed by atoms with Crippen molar-refractivity contribution in [2.75, 3.05) is 6.61 Å². The van der Waals surface area contributed by atoms with Crippen molar-refractivity contribution in [1.29, 1.82) is 0 Å². The standard InChI is InChI=1S/C21H24N2O2/c24-19(14-25-16-9-6-12-22-13-16)23-21-18-11-5-4-10-17(18)20(21)15-7-2-1-3-8-15/h1-3,6-9,12-13,17-18,20-21H,4-5,10-11,14H2,(H,23,24)/t17?,18?,20-,21-/m0/s1. The van der Waals surface area contributed by atoms with E-state index in [4.69, 9.17) is 4.74 Å². The zero-order valence-electron chi connectivity index (χ0n) is 14.3. The second kappa shape index (κ2) is 7.26. The maximum absolute atomic E-state index is 12.4. The number of benzene rings is 1. The molecule has 1 N–H and O–H groups in total. The summed E-state index contributed by atoms with van der Waals surface area (Å²) in [7, 11) is 0. The Labute approximate surface area is 148 Å². The van der Waals surface area contributed by atoms with Crippen LogP contribution in [0, 0.1) is 11.8 Å². The summed E-state index contributed by atoms with van der Waals surface area (Å²) >= 11 is 0. The number of amides is 1. The molecule has 2 fully saturated rings. The van der Waals surface area contributed by atoms with Crippen molar-refractivity contribution in [3.05, 3.63) is 60.4 Å². The van der Waals surface area contributed by atoms with E-state index in [9.17, 15) is 4.79 Å². The van der Waals surface area contributed by atoms with Crippen LogP contribution in [0.4, 0.5) is 0 Å². The van der Waals surface area contributed by atoms with Gasteiger partial charge in [0.1, 0.15) is 5.75 Å². The van der Waals surface area contributed by atoms with E-state index in [2.05, 4.69) is 40.6 Å². The highest BCUT2D eigenvalue weighted by molar-refractivity contribution is 5.78. The van der Waals surface area contributed by atoms with Crippen LogP contribution in [0.25, 0.3) is 0 Å². The summed E-state index contributed by atoms with van der Waals surface area (Å²) < 4.78 is 5.54. The molecule has 0 aliphatic heterocycles. The highest BCUT2D eigenvalue weighted by Crippen LogP contribution is 2.54. The monoisotopic (exact) mass is 336 g/mol. The summed E-state index contributed by atoms with van der Waals surface area (Å²) in [6.07, 6.45) is 8.41. The van der Waals surface area contributed by atoms with Crippen molar-refractivity contribution in [2.45, 2.75) is 37.6 Å². The van der Waals surface area contributed by atoms with Crippen LogP contribution >= 0.6 is 0 Å². The van der Waals surface area contributed by atoms with E-state index < -0.39 is 0 Å². The van der Waals surface area contributed by atoms with Crippen LogP contribution in [0.2, 0.25) is 0 Å². The third-order valence-electron chi connectivity index (χ3n) is 5.70. The number of ether oxygens (including phenoxy) is 1. The number of rotatable bonds is 5. The molecular weight excluding hydrogens is 312 g/mol. The molecule has 1 amide bonds. The highest BCUT2D eigenvalue weighted by atomic mass is 16.5. The van der Waals surface area contributed by atoms with Gasteiger partial charge in [-0.3, -0.25) is 9.78 Å². The van der Waals surface area contributed by atoms with Crippen molar-refractivity contribution >= 4 is 5.91 Å². The van der Waals surface area contributed by atoms with E-state index in [1.807, 2.05) is 6.07 Å². The SMILES string of the molecule is O=C(COc1cccnc1)N[C@H]1C2CCCCC2[C@@H]1c1ccccc1. The van der Waals surface area contributed by atoms with Crippen LogP contribution in [0.3, 0.4) is 0 Å². The van der Waals surface area contributed by atoms with Crippen LogP contribution in [0.1, 0.15) is 37.2 Å². The Balaban J connectivity index is 1.41. The molecule has 0 spiro atoms. The van der Waals surface area contributed by atoms with Gasteiger partial charge in [0.2, 0.25) is 0 Å². The molecule has 4 nitrogen and oxygen atoms in total. The number of carbonyl (C=O) groups excluding carboxylic acids is 1. The van der Waals surface area contributed by atoms with E-state index >= 15 is 0 Å². The predicted molar refractivity (Wildman–Crippen MR) is 96.3 cm³/mol. The lowest BCUT2D eigenvalue weighted by Crippen LogP contribution is -2.59. The molecule has 4 heteroatoms. The third kappa shape index (κ3) is 3.39. The van der Waals surface area contributed by atoms with Crippen LogP contribution in [0.5, 0.6) is 5.75 Å². The molecule has 130 valence electrons. The minimum atomic E-state index is -0.0428. The zero-order valence-corrected chi connectivity index (χ0v) is 14.3. The Morgan fingerprint density at radius 1 is 1.08 bits per heavy atom.